The van der Waals surface area contributed by atoms with Gasteiger partial charge in [-0.2, -0.15) is 4.21 Å². The van der Waals surface area contributed by atoms with Crippen molar-refractivity contribution in [2.75, 3.05) is 0 Å². The Kier molecular flexibility index (Phi) is 3.72. The molecule has 66 valence electrons. The maximum atomic E-state index is 8.51. The molecule has 0 aliphatic carbocycles. The van der Waals surface area contributed by atoms with Crippen LogP contribution in [0, 0.1) is 4.78 Å². The lowest BCUT2D eigenvalue weighted by Crippen LogP contribution is -1.77. The summed E-state index contributed by atoms with van der Waals surface area (Å²) in [4.78, 5) is 7.97. The van der Waals surface area contributed by atoms with E-state index in [-0.39, 0.29) is 11.5 Å². The summed E-state index contributed by atoms with van der Waals surface area (Å²) in [6.45, 7) is 0. The quantitative estimate of drug-likeness (QED) is 0.690. The highest BCUT2D eigenvalue weighted by Gasteiger charge is 1.87. The number of nitrogens with zero attached hydrogens (tertiary/aromatic N) is 2. The van der Waals surface area contributed by atoms with E-state index < -0.39 is 0 Å². The number of benzene rings is 1. The van der Waals surface area contributed by atoms with E-state index >= 15 is 0 Å². The van der Waals surface area contributed by atoms with E-state index in [4.69, 9.17) is 8.99 Å². The van der Waals surface area contributed by atoms with Crippen molar-refractivity contribution in [1.29, 1.82) is 4.78 Å². The maximum Gasteiger partial charge on any atom is 0.196 e. The average molecular weight is 193 g/mol. The van der Waals surface area contributed by atoms with Crippen molar-refractivity contribution in [3.8, 4) is 0 Å². The minimum absolute atomic E-state index is 0.250. The second-order valence-electron chi connectivity index (χ2n) is 2.16. The van der Waals surface area contributed by atoms with Crippen LogP contribution >= 0.6 is 0 Å². The zero-order chi connectivity index (χ0) is 9.52. The number of rotatable bonds is 0. The predicted molar refractivity (Wildman–Crippen MR) is 50.4 cm³/mol. The Bertz CT molecular complexity index is 361. The summed E-state index contributed by atoms with van der Waals surface area (Å²) in [5.41, 5.74) is 0.998. The molecule has 0 fully saturated rings. The molecule has 1 aromatic heterocycles. The number of fused-ring (bicyclic) bond motifs is 1. The van der Waals surface area contributed by atoms with Gasteiger partial charge in [0, 0.05) is 11.6 Å². The van der Waals surface area contributed by atoms with Gasteiger partial charge in [-0.15, -0.1) is 0 Å². The van der Waals surface area contributed by atoms with Crippen molar-refractivity contribution in [3.63, 3.8) is 0 Å². The smallest absolute Gasteiger partial charge is 0.196 e. The summed E-state index contributed by atoms with van der Waals surface area (Å²) in [7, 11) is 0. The summed E-state index contributed by atoms with van der Waals surface area (Å²) < 4.78 is 14.1. The third-order valence-corrected chi connectivity index (χ3v) is 1.41. The van der Waals surface area contributed by atoms with Crippen LogP contribution in [0.3, 0.4) is 0 Å². The Labute approximate surface area is 78.7 Å². The highest BCUT2D eigenvalue weighted by Crippen LogP contribution is 2.06. The van der Waals surface area contributed by atoms with Crippen molar-refractivity contribution >= 4 is 22.4 Å². The van der Waals surface area contributed by atoms with E-state index in [9.17, 15) is 0 Å². The molecule has 1 N–H and O–H groups in total. The van der Waals surface area contributed by atoms with Gasteiger partial charge in [-0.1, -0.05) is 18.2 Å². The molecule has 0 saturated carbocycles. The molecule has 2 aromatic rings. The summed E-state index contributed by atoms with van der Waals surface area (Å²) in [5.74, 6) is 0. The Balaban J connectivity index is 0.000000251. The van der Waals surface area contributed by atoms with Gasteiger partial charge in [0.25, 0.3) is 0 Å². The van der Waals surface area contributed by atoms with Crippen LogP contribution in [0.25, 0.3) is 10.9 Å². The molecule has 0 atom stereocenters. The van der Waals surface area contributed by atoms with Crippen molar-refractivity contribution in [3.05, 3.63) is 36.8 Å². The fourth-order valence-corrected chi connectivity index (χ4v) is 0.923. The molecule has 1 aromatic carbocycles. The molecule has 0 aliphatic heterocycles. The van der Waals surface area contributed by atoms with Gasteiger partial charge in [0.1, 0.15) is 6.33 Å². The molecule has 2 rings (SSSR count). The third kappa shape index (κ3) is 2.72. The molecular formula is C8H7N3OS. The van der Waals surface area contributed by atoms with Crippen molar-refractivity contribution in [2.24, 2.45) is 0 Å². The highest BCUT2D eigenvalue weighted by atomic mass is 32.1. The zero-order valence-electron chi connectivity index (χ0n) is 6.68. The lowest BCUT2D eigenvalue weighted by Gasteiger charge is -1.90. The van der Waals surface area contributed by atoms with E-state index in [0.717, 1.165) is 10.9 Å². The first-order valence-corrected chi connectivity index (χ1v) is 4.23. The lowest BCUT2D eigenvalue weighted by atomic mass is 10.2. The highest BCUT2D eigenvalue weighted by molar-refractivity contribution is 7.53. The lowest BCUT2D eigenvalue weighted by molar-refractivity contribution is 0.697. The molecule has 0 spiro atoms. The van der Waals surface area contributed by atoms with E-state index in [2.05, 4.69) is 9.97 Å². The minimum atomic E-state index is -0.250. The van der Waals surface area contributed by atoms with Crippen LogP contribution in [0.2, 0.25) is 0 Å². The van der Waals surface area contributed by atoms with Crippen LogP contribution in [0.15, 0.2) is 36.8 Å². The second-order valence-corrected chi connectivity index (χ2v) is 2.33. The number of hydrogen-bond donors (Lipinski definition) is 1. The van der Waals surface area contributed by atoms with Gasteiger partial charge in [0.2, 0.25) is 0 Å². The third-order valence-electron chi connectivity index (χ3n) is 1.41. The van der Waals surface area contributed by atoms with Crippen LogP contribution < -0.4 is 0 Å². The molecule has 0 radical (unpaired) electrons. The molecule has 4 nitrogen and oxygen atoms in total. The largest absolute Gasteiger partial charge is 0.244 e. The molecule has 5 heteroatoms. The summed E-state index contributed by atoms with van der Waals surface area (Å²) >= 11 is -0.250. The molecule has 0 bridgehead atoms. The normalized spacial score (nSPS) is 8.62. The van der Waals surface area contributed by atoms with E-state index in [1.807, 2.05) is 30.5 Å². The predicted octanol–water partition coefficient (Wildman–Crippen LogP) is 1.59. The van der Waals surface area contributed by atoms with Gasteiger partial charge < -0.3 is 0 Å². The molecule has 0 aliphatic rings. The van der Waals surface area contributed by atoms with E-state index in [0.29, 0.717) is 0 Å². The number of hydrogen-bond acceptors (Lipinski definition) is 4. The number of nitrogens with one attached hydrogen (secondary N) is 1. The Morgan fingerprint density at radius 2 is 2.00 bits per heavy atom. The SMILES string of the molecule is N=S=O.c1ccc2ncncc2c1. The minimum Gasteiger partial charge on any atom is -0.244 e. The van der Waals surface area contributed by atoms with Gasteiger partial charge in [-0.3, -0.25) is 0 Å². The fourth-order valence-electron chi connectivity index (χ4n) is 0.923. The van der Waals surface area contributed by atoms with Crippen molar-refractivity contribution in [1.82, 2.24) is 9.97 Å². The summed E-state index contributed by atoms with van der Waals surface area (Å²) in [6, 6.07) is 7.91. The van der Waals surface area contributed by atoms with Crippen LogP contribution in [0.1, 0.15) is 0 Å². The monoisotopic (exact) mass is 193 g/mol. The standard InChI is InChI=1S/C8H6N2.HNOS/c1-2-4-8-7(3-1)5-9-6-10-8;1-3-2/h1-6H;1H. The zero-order valence-corrected chi connectivity index (χ0v) is 7.49. The van der Waals surface area contributed by atoms with Gasteiger partial charge in [0.05, 0.1) is 5.52 Å². The van der Waals surface area contributed by atoms with Gasteiger partial charge in [-0.25, -0.2) is 14.7 Å². The summed E-state index contributed by atoms with van der Waals surface area (Å²) in [5, 5.41) is 1.09. The van der Waals surface area contributed by atoms with E-state index in [1.165, 1.54) is 0 Å². The van der Waals surface area contributed by atoms with Gasteiger partial charge >= 0.3 is 0 Å². The van der Waals surface area contributed by atoms with Gasteiger partial charge in [0.15, 0.2) is 11.5 Å². The Morgan fingerprint density at radius 3 is 2.69 bits per heavy atom. The molecule has 1 heterocycles. The molecule has 13 heavy (non-hydrogen) atoms. The molecule has 0 saturated heterocycles. The topological polar surface area (TPSA) is 66.7 Å². The van der Waals surface area contributed by atoms with Crippen molar-refractivity contribution < 1.29 is 4.21 Å². The van der Waals surface area contributed by atoms with Crippen molar-refractivity contribution in [2.45, 2.75) is 0 Å². The van der Waals surface area contributed by atoms with Crippen LogP contribution in [-0.4, -0.2) is 14.2 Å². The first kappa shape index (κ1) is 9.47. The van der Waals surface area contributed by atoms with Crippen LogP contribution in [0.4, 0.5) is 0 Å². The molecular weight excluding hydrogens is 186 g/mol. The fraction of sp³-hybridized carbons (Fsp3) is 0. The second kappa shape index (κ2) is 5.10. The summed E-state index contributed by atoms with van der Waals surface area (Å²) in [6.07, 6.45) is 3.37. The first-order valence-electron chi connectivity index (χ1n) is 3.49. The first-order chi connectivity index (χ1) is 6.38. The van der Waals surface area contributed by atoms with Crippen LogP contribution in [0.5, 0.6) is 0 Å². The number of para-hydroxylation sites is 1. The maximum absolute atomic E-state index is 8.51. The van der Waals surface area contributed by atoms with E-state index in [1.54, 1.807) is 6.33 Å². The Hall–Kier alpha value is -1.62. The Morgan fingerprint density at radius 1 is 1.31 bits per heavy atom. The molecule has 0 unspecified atom stereocenters. The number of aromatic nitrogens is 2. The average Bonchev–Trinajstić information content (AvgIpc) is 2.19. The van der Waals surface area contributed by atoms with Crippen LogP contribution in [-0.2, 0) is 11.5 Å². The molecule has 0 amide bonds. The van der Waals surface area contributed by atoms with Gasteiger partial charge in [-0.05, 0) is 6.07 Å².